The highest BCUT2D eigenvalue weighted by molar-refractivity contribution is 5.79. The van der Waals surface area contributed by atoms with Crippen LogP contribution < -0.4 is 11.1 Å². The molecular formula is C15H25N3O. The Labute approximate surface area is 115 Å². The van der Waals surface area contributed by atoms with E-state index in [9.17, 15) is 4.79 Å². The van der Waals surface area contributed by atoms with Crippen molar-refractivity contribution in [2.24, 2.45) is 18.7 Å². The third-order valence-corrected chi connectivity index (χ3v) is 4.33. The van der Waals surface area contributed by atoms with Gasteiger partial charge in [0.05, 0.1) is 12.5 Å². The molecular weight excluding hydrogens is 238 g/mol. The first-order valence-electron chi connectivity index (χ1n) is 7.24. The average molecular weight is 263 g/mol. The molecule has 4 heteroatoms. The Bertz CT molecular complexity index is 439. The van der Waals surface area contributed by atoms with Gasteiger partial charge in [0.25, 0.3) is 0 Å². The number of carbonyl (C=O) groups excluding carboxylic acids is 1. The molecule has 2 atom stereocenters. The number of hydrogen-bond acceptors (Lipinski definition) is 2. The summed E-state index contributed by atoms with van der Waals surface area (Å²) in [5.41, 5.74) is 8.45. The highest BCUT2D eigenvalue weighted by Crippen LogP contribution is 2.22. The first-order chi connectivity index (χ1) is 9.09. The van der Waals surface area contributed by atoms with Gasteiger partial charge in [0.2, 0.25) is 5.91 Å². The number of aryl methyl sites for hydroxylation is 1. The van der Waals surface area contributed by atoms with E-state index in [1.165, 1.54) is 12.1 Å². The van der Waals surface area contributed by atoms with Crippen molar-refractivity contribution in [3.63, 3.8) is 0 Å². The molecule has 1 amide bonds. The summed E-state index contributed by atoms with van der Waals surface area (Å²) in [7, 11) is 2.02. The quantitative estimate of drug-likeness (QED) is 0.818. The van der Waals surface area contributed by atoms with Gasteiger partial charge in [-0.15, -0.1) is 0 Å². The molecule has 2 unspecified atom stereocenters. The predicted octanol–water partition coefficient (Wildman–Crippen LogP) is 1.86. The van der Waals surface area contributed by atoms with Crippen LogP contribution in [0.3, 0.4) is 0 Å². The first kappa shape index (κ1) is 14.1. The Balaban J connectivity index is 1.91. The van der Waals surface area contributed by atoms with Crippen molar-refractivity contribution in [2.45, 2.75) is 51.6 Å². The van der Waals surface area contributed by atoms with E-state index in [2.05, 4.69) is 28.9 Å². The van der Waals surface area contributed by atoms with Gasteiger partial charge in [-0.25, -0.2) is 0 Å². The van der Waals surface area contributed by atoms with Gasteiger partial charge in [0.15, 0.2) is 0 Å². The number of aromatic nitrogens is 1. The summed E-state index contributed by atoms with van der Waals surface area (Å²) in [4.78, 5) is 12.3. The van der Waals surface area contributed by atoms with E-state index in [-0.39, 0.29) is 17.9 Å². The smallest absolute Gasteiger partial charge is 0.224 e. The largest absolute Gasteiger partial charge is 0.350 e. The molecule has 0 aliphatic heterocycles. The van der Waals surface area contributed by atoms with Crippen molar-refractivity contribution in [3.8, 4) is 0 Å². The van der Waals surface area contributed by atoms with Crippen LogP contribution in [0, 0.1) is 12.8 Å². The molecule has 1 saturated carbocycles. The van der Waals surface area contributed by atoms with Gasteiger partial charge in [-0.3, -0.25) is 4.79 Å². The number of carbonyl (C=O) groups is 1. The summed E-state index contributed by atoms with van der Waals surface area (Å²) in [5, 5.41) is 3.04. The fraction of sp³-hybridized carbons (Fsp3) is 0.667. The lowest BCUT2D eigenvalue weighted by Crippen LogP contribution is -2.41. The third-order valence-electron chi connectivity index (χ3n) is 4.33. The SMILES string of the molecule is Cc1ccc(CNC(=O)C2CCCCCC2N)n1C. The van der Waals surface area contributed by atoms with Crippen molar-refractivity contribution < 1.29 is 4.79 Å². The number of nitrogens with one attached hydrogen (secondary N) is 1. The highest BCUT2D eigenvalue weighted by Gasteiger charge is 2.26. The van der Waals surface area contributed by atoms with Gasteiger partial charge in [-0.2, -0.15) is 0 Å². The molecule has 0 aromatic carbocycles. The Morgan fingerprint density at radius 3 is 2.79 bits per heavy atom. The summed E-state index contributed by atoms with van der Waals surface area (Å²) in [6.45, 7) is 2.65. The minimum atomic E-state index is -0.0103. The average Bonchev–Trinajstić information content (AvgIpc) is 2.60. The van der Waals surface area contributed by atoms with Crippen molar-refractivity contribution in [3.05, 3.63) is 23.5 Å². The second kappa shape index (κ2) is 6.24. The van der Waals surface area contributed by atoms with E-state index >= 15 is 0 Å². The Morgan fingerprint density at radius 1 is 1.37 bits per heavy atom. The van der Waals surface area contributed by atoms with Crippen LogP contribution in [-0.4, -0.2) is 16.5 Å². The van der Waals surface area contributed by atoms with Crippen LogP contribution in [-0.2, 0) is 18.4 Å². The second-order valence-electron chi connectivity index (χ2n) is 5.65. The van der Waals surface area contributed by atoms with Crippen molar-refractivity contribution in [1.29, 1.82) is 0 Å². The molecule has 1 aromatic rings. The van der Waals surface area contributed by atoms with Crippen LogP contribution >= 0.6 is 0 Å². The Kier molecular flexibility index (Phi) is 4.64. The molecule has 1 aromatic heterocycles. The topological polar surface area (TPSA) is 60.1 Å². The first-order valence-corrected chi connectivity index (χ1v) is 7.24. The zero-order valence-electron chi connectivity index (χ0n) is 12.0. The maximum Gasteiger partial charge on any atom is 0.224 e. The van der Waals surface area contributed by atoms with Crippen LogP contribution in [0.5, 0.6) is 0 Å². The van der Waals surface area contributed by atoms with Gasteiger partial charge < -0.3 is 15.6 Å². The normalized spacial score (nSPS) is 23.9. The van der Waals surface area contributed by atoms with Crippen LogP contribution in [0.15, 0.2) is 12.1 Å². The molecule has 0 saturated heterocycles. The van der Waals surface area contributed by atoms with Gasteiger partial charge >= 0.3 is 0 Å². The lowest BCUT2D eigenvalue weighted by molar-refractivity contribution is -0.126. The summed E-state index contributed by atoms with van der Waals surface area (Å²) in [6.07, 6.45) is 5.38. The summed E-state index contributed by atoms with van der Waals surface area (Å²) in [5.74, 6) is 0.108. The minimum absolute atomic E-state index is 0.0103. The monoisotopic (exact) mass is 263 g/mol. The fourth-order valence-corrected chi connectivity index (χ4v) is 2.82. The summed E-state index contributed by atoms with van der Waals surface area (Å²) >= 11 is 0. The predicted molar refractivity (Wildman–Crippen MR) is 76.5 cm³/mol. The number of amides is 1. The molecule has 1 aliphatic carbocycles. The Hall–Kier alpha value is -1.29. The van der Waals surface area contributed by atoms with Crippen LogP contribution in [0.1, 0.15) is 43.5 Å². The van der Waals surface area contributed by atoms with Gasteiger partial charge in [0.1, 0.15) is 0 Å². The minimum Gasteiger partial charge on any atom is -0.350 e. The van der Waals surface area contributed by atoms with E-state index in [0.29, 0.717) is 6.54 Å². The molecule has 0 spiro atoms. The van der Waals surface area contributed by atoms with Crippen LogP contribution in [0.2, 0.25) is 0 Å². The van der Waals surface area contributed by atoms with Crippen LogP contribution in [0.4, 0.5) is 0 Å². The molecule has 106 valence electrons. The number of nitrogens with two attached hydrogens (primary N) is 1. The van der Waals surface area contributed by atoms with E-state index in [0.717, 1.165) is 31.4 Å². The second-order valence-corrected chi connectivity index (χ2v) is 5.65. The van der Waals surface area contributed by atoms with Crippen molar-refractivity contribution >= 4 is 5.91 Å². The fourth-order valence-electron chi connectivity index (χ4n) is 2.82. The molecule has 19 heavy (non-hydrogen) atoms. The molecule has 1 fully saturated rings. The molecule has 2 rings (SSSR count). The van der Waals surface area contributed by atoms with Crippen LogP contribution in [0.25, 0.3) is 0 Å². The maximum absolute atomic E-state index is 12.3. The lowest BCUT2D eigenvalue weighted by Gasteiger charge is -2.20. The molecule has 3 N–H and O–H groups in total. The van der Waals surface area contributed by atoms with E-state index in [1.54, 1.807) is 0 Å². The van der Waals surface area contributed by atoms with Gasteiger partial charge in [-0.05, 0) is 31.9 Å². The standard InChI is InChI=1S/C15H25N3O/c1-11-8-9-12(18(11)2)10-17-15(19)13-6-4-3-5-7-14(13)16/h8-9,13-14H,3-7,10,16H2,1-2H3,(H,17,19). The number of nitrogens with zero attached hydrogens (tertiary/aromatic N) is 1. The lowest BCUT2D eigenvalue weighted by atomic mass is 9.94. The molecule has 1 heterocycles. The van der Waals surface area contributed by atoms with Gasteiger partial charge in [-0.1, -0.05) is 19.3 Å². The summed E-state index contributed by atoms with van der Waals surface area (Å²) in [6, 6.07) is 4.15. The van der Waals surface area contributed by atoms with Gasteiger partial charge in [0, 0.05) is 24.5 Å². The highest BCUT2D eigenvalue weighted by atomic mass is 16.1. The van der Waals surface area contributed by atoms with E-state index in [1.807, 2.05) is 7.05 Å². The summed E-state index contributed by atoms with van der Waals surface area (Å²) < 4.78 is 2.10. The van der Waals surface area contributed by atoms with E-state index < -0.39 is 0 Å². The molecule has 0 bridgehead atoms. The zero-order valence-corrected chi connectivity index (χ0v) is 12.0. The third kappa shape index (κ3) is 3.38. The van der Waals surface area contributed by atoms with Crippen molar-refractivity contribution in [1.82, 2.24) is 9.88 Å². The molecule has 1 aliphatic rings. The number of rotatable bonds is 3. The maximum atomic E-state index is 12.3. The van der Waals surface area contributed by atoms with E-state index in [4.69, 9.17) is 5.73 Å². The zero-order chi connectivity index (χ0) is 13.8. The molecule has 0 radical (unpaired) electrons. The van der Waals surface area contributed by atoms with Crippen molar-refractivity contribution in [2.75, 3.05) is 0 Å². The Morgan fingerprint density at radius 2 is 2.11 bits per heavy atom. The number of hydrogen-bond donors (Lipinski definition) is 2. The molecule has 4 nitrogen and oxygen atoms in total.